The van der Waals surface area contributed by atoms with E-state index < -0.39 is 6.10 Å². The van der Waals surface area contributed by atoms with Crippen molar-refractivity contribution in [3.63, 3.8) is 0 Å². The molecule has 1 aliphatic rings. The van der Waals surface area contributed by atoms with Crippen molar-refractivity contribution in [1.29, 1.82) is 0 Å². The van der Waals surface area contributed by atoms with Crippen LogP contribution < -0.4 is 4.74 Å². The summed E-state index contributed by atoms with van der Waals surface area (Å²) in [6.07, 6.45) is -0.639. The molecule has 21 heavy (non-hydrogen) atoms. The summed E-state index contributed by atoms with van der Waals surface area (Å²) in [7, 11) is 0. The van der Waals surface area contributed by atoms with Gasteiger partial charge in [0.25, 0.3) is 0 Å². The Kier molecular flexibility index (Phi) is 3.24. The van der Waals surface area contributed by atoms with E-state index >= 15 is 0 Å². The maximum absolute atomic E-state index is 10.8. The minimum absolute atomic E-state index is 0.639. The van der Waals surface area contributed by atoms with Gasteiger partial charge in [-0.15, -0.1) is 11.3 Å². The first kappa shape index (κ1) is 13.3. The lowest BCUT2D eigenvalue weighted by Gasteiger charge is -2.23. The smallest absolute Gasteiger partial charge is 0.158 e. The Hall–Kier alpha value is -1.37. The molecule has 0 fully saturated rings. The number of aliphatic hydroxyl groups is 1. The molecule has 1 aliphatic heterocycles. The predicted octanol–water partition coefficient (Wildman–Crippen LogP) is 5.21. The molecule has 0 spiro atoms. The Bertz CT molecular complexity index is 811. The van der Waals surface area contributed by atoms with E-state index in [2.05, 4.69) is 34.7 Å². The van der Waals surface area contributed by atoms with Crippen LogP contribution in [0.1, 0.15) is 17.2 Å². The maximum atomic E-state index is 10.8. The largest absolute Gasteiger partial charge is 0.455 e. The summed E-state index contributed by atoms with van der Waals surface area (Å²) in [4.78, 5) is 1.08. The van der Waals surface area contributed by atoms with Gasteiger partial charge in [0.2, 0.25) is 0 Å². The summed E-state index contributed by atoms with van der Waals surface area (Å²) in [5, 5.41) is 10.8. The monoisotopic (exact) mass is 406 g/mol. The molecule has 104 valence electrons. The van der Waals surface area contributed by atoms with E-state index in [0.29, 0.717) is 0 Å². The topological polar surface area (TPSA) is 29.5 Å². The standard InChI is InChI=1S/C17H11IO2S/c18-17-15-13(16(21-17)10-6-2-1-3-7-10)14(19)11-8-4-5-9-12(11)20-15/h1-9,14,19H. The molecule has 0 radical (unpaired) electrons. The highest BCUT2D eigenvalue weighted by Crippen LogP contribution is 2.52. The van der Waals surface area contributed by atoms with E-state index in [1.54, 1.807) is 11.3 Å². The molecule has 0 saturated carbocycles. The Morgan fingerprint density at radius 2 is 1.71 bits per heavy atom. The lowest BCUT2D eigenvalue weighted by Crippen LogP contribution is -2.09. The van der Waals surface area contributed by atoms with E-state index in [0.717, 1.165) is 36.0 Å². The highest BCUT2D eigenvalue weighted by molar-refractivity contribution is 14.1. The Morgan fingerprint density at radius 3 is 2.52 bits per heavy atom. The second-order valence-electron chi connectivity index (χ2n) is 4.86. The first-order valence-electron chi connectivity index (χ1n) is 6.58. The average Bonchev–Trinajstić information content (AvgIpc) is 2.86. The Labute approximate surface area is 140 Å². The third-order valence-electron chi connectivity index (χ3n) is 3.59. The van der Waals surface area contributed by atoms with E-state index in [4.69, 9.17) is 4.74 Å². The molecule has 4 rings (SSSR count). The van der Waals surface area contributed by atoms with Crippen LogP contribution in [-0.4, -0.2) is 5.11 Å². The van der Waals surface area contributed by atoms with Crippen molar-refractivity contribution in [1.82, 2.24) is 0 Å². The molecule has 4 heteroatoms. The van der Waals surface area contributed by atoms with Crippen molar-refractivity contribution in [2.75, 3.05) is 0 Å². The van der Waals surface area contributed by atoms with Crippen molar-refractivity contribution < 1.29 is 9.84 Å². The lowest BCUT2D eigenvalue weighted by molar-refractivity contribution is 0.204. The zero-order valence-electron chi connectivity index (χ0n) is 10.9. The van der Waals surface area contributed by atoms with Gasteiger partial charge < -0.3 is 9.84 Å². The molecule has 3 aromatic rings. The van der Waals surface area contributed by atoms with Crippen LogP contribution in [0.2, 0.25) is 0 Å². The van der Waals surface area contributed by atoms with E-state index in [1.807, 2.05) is 42.5 Å². The molecule has 2 aromatic carbocycles. The number of thiophene rings is 1. The number of halogens is 1. The number of fused-ring (bicyclic) bond motifs is 2. The molecule has 0 saturated heterocycles. The summed E-state index contributed by atoms with van der Waals surface area (Å²) in [5.41, 5.74) is 2.83. The average molecular weight is 406 g/mol. The van der Waals surface area contributed by atoms with Crippen LogP contribution in [-0.2, 0) is 0 Å². The fourth-order valence-corrected chi connectivity index (χ4v) is 4.67. The number of hydrogen-bond donors (Lipinski definition) is 1. The van der Waals surface area contributed by atoms with Gasteiger partial charge in [-0.05, 0) is 34.2 Å². The van der Waals surface area contributed by atoms with Crippen LogP contribution in [0.4, 0.5) is 0 Å². The van der Waals surface area contributed by atoms with Gasteiger partial charge in [0.05, 0.1) is 0 Å². The summed E-state index contributed by atoms with van der Waals surface area (Å²) < 4.78 is 7.09. The fraction of sp³-hybridized carbons (Fsp3) is 0.0588. The van der Waals surface area contributed by atoms with Crippen molar-refractivity contribution in [2.24, 2.45) is 0 Å². The van der Waals surface area contributed by atoms with Gasteiger partial charge in [0.15, 0.2) is 5.75 Å². The maximum Gasteiger partial charge on any atom is 0.158 e. The Morgan fingerprint density at radius 1 is 1.00 bits per heavy atom. The summed E-state index contributed by atoms with van der Waals surface area (Å²) in [6.45, 7) is 0. The van der Waals surface area contributed by atoms with Crippen LogP contribution >= 0.6 is 33.9 Å². The van der Waals surface area contributed by atoms with Crippen LogP contribution in [0.25, 0.3) is 10.4 Å². The number of para-hydroxylation sites is 1. The highest BCUT2D eigenvalue weighted by Gasteiger charge is 2.32. The summed E-state index contributed by atoms with van der Waals surface area (Å²) in [6, 6.07) is 17.8. The van der Waals surface area contributed by atoms with Gasteiger partial charge in [0.1, 0.15) is 14.7 Å². The van der Waals surface area contributed by atoms with E-state index in [-0.39, 0.29) is 0 Å². The van der Waals surface area contributed by atoms with Gasteiger partial charge in [0, 0.05) is 16.0 Å². The number of rotatable bonds is 1. The van der Waals surface area contributed by atoms with E-state index in [9.17, 15) is 5.11 Å². The quantitative estimate of drug-likeness (QED) is 0.563. The SMILES string of the molecule is OC1c2ccccc2Oc2c(I)sc(-c3ccccc3)c21. The fourth-order valence-electron chi connectivity index (χ4n) is 2.61. The first-order chi connectivity index (χ1) is 10.3. The van der Waals surface area contributed by atoms with Gasteiger partial charge in [-0.3, -0.25) is 0 Å². The molecule has 0 amide bonds. The molecular formula is C17H11IO2S. The van der Waals surface area contributed by atoms with Gasteiger partial charge in [-0.25, -0.2) is 0 Å². The second-order valence-corrected chi connectivity index (χ2v) is 7.69. The molecular weight excluding hydrogens is 395 g/mol. The molecule has 2 heterocycles. The molecule has 1 N–H and O–H groups in total. The molecule has 0 aliphatic carbocycles. The summed E-state index contributed by atoms with van der Waals surface area (Å²) >= 11 is 3.94. The van der Waals surface area contributed by atoms with Crippen LogP contribution in [0, 0.1) is 2.88 Å². The minimum atomic E-state index is -0.639. The highest BCUT2D eigenvalue weighted by atomic mass is 127. The number of aliphatic hydroxyl groups excluding tert-OH is 1. The zero-order chi connectivity index (χ0) is 14.4. The van der Waals surface area contributed by atoms with Crippen molar-refractivity contribution in [3.8, 4) is 21.9 Å². The lowest BCUT2D eigenvalue weighted by atomic mass is 9.96. The minimum Gasteiger partial charge on any atom is -0.455 e. The third kappa shape index (κ3) is 2.09. The normalized spacial score (nSPS) is 16.0. The zero-order valence-corrected chi connectivity index (χ0v) is 13.9. The Balaban J connectivity index is 1.94. The van der Waals surface area contributed by atoms with Crippen molar-refractivity contribution in [3.05, 3.63) is 68.6 Å². The number of hydrogen-bond acceptors (Lipinski definition) is 3. The molecule has 0 bridgehead atoms. The first-order valence-corrected chi connectivity index (χ1v) is 8.47. The third-order valence-corrected chi connectivity index (χ3v) is 5.77. The van der Waals surface area contributed by atoms with Crippen LogP contribution in [0.3, 0.4) is 0 Å². The van der Waals surface area contributed by atoms with Gasteiger partial charge in [-0.2, -0.15) is 0 Å². The predicted molar refractivity (Wildman–Crippen MR) is 93.0 cm³/mol. The number of ether oxygens (including phenoxy) is 1. The molecule has 1 aromatic heterocycles. The van der Waals surface area contributed by atoms with Crippen LogP contribution in [0.15, 0.2) is 54.6 Å². The second kappa shape index (κ2) is 5.12. The van der Waals surface area contributed by atoms with Crippen LogP contribution in [0.5, 0.6) is 11.5 Å². The summed E-state index contributed by atoms with van der Waals surface area (Å²) in [5.74, 6) is 1.54. The van der Waals surface area contributed by atoms with Crippen molar-refractivity contribution >= 4 is 33.9 Å². The van der Waals surface area contributed by atoms with E-state index in [1.165, 1.54) is 0 Å². The van der Waals surface area contributed by atoms with Gasteiger partial charge in [-0.1, -0.05) is 48.5 Å². The molecule has 1 atom stereocenters. The molecule has 2 nitrogen and oxygen atoms in total. The van der Waals surface area contributed by atoms with Crippen molar-refractivity contribution in [2.45, 2.75) is 6.10 Å². The molecule has 1 unspecified atom stereocenters. The number of benzene rings is 2. The van der Waals surface area contributed by atoms with Gasteiger partial charge >= 0.3 is 0 Å².